The van der Waals surface area contributed by atoms with Crippen LogP contribution in [0.4, 0.5) is 5.69 Å². The lowest BCUT2D eigenvalue weighted by atomic mass is 10.3. The van der Waals surface area contributed by atoms with E-state index in [0.717, 1.165) is 0 Å². The molecule has 1 rings (SSSR count). The summed E-state index contributed by atoms with van der Waals surface area (Å²) < 4.78 is 5.04. The molecule has 0 saturated heterocycles. The lowest BCUT2D eigenvalue weighted by Gasteiger charge is -2.08. The third-order valence-electron chi connectivity index (χ3n) is 2.09. The number of amides is 1. The number of carbonyl (C=O) groups excluding carboxylic acids is 1. The van der Waals surface area contributed by atoms with Gasteiger partial charge in [-0.05, 0) is 12.1 Å². The molecule has 3 N–H and O–H groups in total. The molecule has 1 aromatic carbocycles. The third-order valence-corrected chi connectivity index (χ3v) is 2.42. The van der Waals surface area contributed by atoms with E-state index in [4.69, 9.17) is 21.4 Å². The number of aliphatic hydroxyl groups excluding tert-OH is 1. The van der Waals surface area contributed by atoms with E-state index in [1.54, 1.807) is 24.3 Å². The van der Waals surface area contributed by atoms with Crippen molar-refractivity contribution in [3.8, 4) is 0 Å². The highest BCUT2D eigenvalue weighted by molar-refractivity contribution is 6.33. The maximum absolute atomic E-state index is 11.5. The molecule has 0 aliphatic rings. The van der Waals surface area contributed by atoms with Crippen molar-refractivity contribution in [1.82, 2.24) is 5.32 Å². The van der Waals surface area contributed by atoms with Gasteiger partial charge >= 0.3 is 0 Å². The van der Waals surface area contributed by atoms with Gasteiger partial charge in [0.1, 0.15) is 0 Å². The number of halogens is 1. The van der Waals surface area contributed by atoms with E-state index in [1.165, 1.54) is 0 Å². The van der Waals surface area contributed by atoms with E-state index in [2.05, 4.69) is 10.6 Å². The van der Waals surface area contributed by atoms with E-state index in [1.807, 2.05) is 0 Å². The highest BCUT2D eigenvalue weighted by atomic mass is 35.5. The largest absolute Gasteiger partial charge is 0.394 e. The number of aliphatic hydroxyl groups is 1. The molecule has 0 aliphatic carbocycles. The fourth-order valence-corrected chi connectivity index (χ4v) is 1.45. The number of ether oxygens (including phenoxy) is 1. The van der Waals surface area contributed by atoms with E-state index >= 15 is 0 Å². The minimum Gasteiger partial charge on any atom is -0.394 e. The summed E-state index contributed by atoms with van der Waals surface area (Å²) in [7, 11) is 0. The number of carbonyl (C=O) groups is 1. The van der Waals surface area contributed by atoms with Gasteiger partial charge < -0.3 is 20.5 Å². The fraction of sp³-hybridized carbons (Fsp3) is 0.417. The van der Waals surface area contributed by atoms with Crippen molar-refractivity contribution in [2.75, 3.05) is 38.2 Å². The molecule has 1 aromatic rings. The van der Waals surface area contributed by atoms with Crippen molar-refractivity contribution in [2.24, 2.45) is 0 Å². The standard InChI is InChI=1S/C12H17ClN2O3/c13-10-3-1-2-4-11(10)15-12(17)9-14-5-7-18-8-6-16/h1-4,14,16H,5-9H2,(H,15,17). The van der Waals surface area contributed by atoms with Gasteiger partial charge in [0.05, 0.1) is 37.1 Å². The van der Waals surface area contributed by atoms with Gasteiger partial charge in [-0.25, -0.2) is 0 Å². The van der Waals surface area contributed by atoms with Crippen molar-refractivity contribution >= 4 is 23.2 Å². The molecule has 0 spiro atoms. The number of benzene rings is 1. The second-order valence-electron chi connectivity index (χ2n) is 3.54. The summed E-state index contributed by atoms with van der Waals surface area (Å²) in [6.45, 7) is 1.52. The summed E-state index contributed by atoms with van der Waals surface area (Å²) >= 11 is 5.91. The maximum Gasteiger partial charge on any atom is 0.238 e. The maximum atomic E-state index is 11.5. The number of rotatable bonds is 8. The van der Waals surface area contributed by atoms with Crippen LogP contribution in [-0.4, -0.2) is 43.9 Å². The SMILES string of the molecule is O=C(CNCCOCCO)Nc1ccccc1Cl. The summed E-state index contributed by atoms with van der Waals surface area (Å²) in [5.74, 6) is -0.162. The molecule has 5 nitrogen and oxygen atoms in total. The van der Waals surface area contributed by atoms with Gasteiger partial charge in [0.2, 0.25) is 5.91 Å². The number of para-hydroxylation sites is 1. The molecule has 0 radical (unpaired) electrons. The average Bonchev–Trinajstić information content (AvgIpc) is 2.36. The predicted octanol–water partition coefficient (Wildman–Crippen LogP) is 0.877. The lowest BCUT2D eigenvalue weighted by molar-refractivity contribution is -0.115. The first-order valence-corrected chi connectivity index (χ1v) is 6.05. The summed E-state index contributed by atoms with van der Waals surface area (Å²) in [5, 5.41) is 14.6. The first kappa shape index (κ1) is 14.9. The van der Waals surface area contributed by atoms with Gasteiger partial charge in [-0.3, -0.25) is 4.79 Å². The van der Waals surface area contributed by atoms with Crippen LogP contribution in [0.5, 0.6) is 0 Å². The summed E-state index contributed by atoms with van der Waals surface area (Å²) in [6.07, 6.45) is 0. The van der Waals surface area contributed by atoms with Crippen LogP contribution in [0.25, 0.3) is 0 Å². The van der Waals surface area contributed by atoms with Crippen molar-refractivity contribution < 1.29 is 14.6 Å². The van der Waals surface area contributed by atoms with Gasteiger partial charge in [-0.15, -0.1) is 0 Å². The van der Waals surface area contributed by atoms with Crippen LogP contribution in [0.15, 0.2) is 24.3 Å². The van der Waals surface area contributed by atoms with Gasteiger partial charge in [0, 0.05) is 6.54 Å². The monoisotopic (exact) mass is 272 g/mol. The Morgan fingerprint density at radius 1 is 1.33 bits per heavy atom. The van der Waals surface area contributed by atoms with Crippen LogP contribution in [0.3, 0.4) is 0 Å². The zero-order valence-corrected chi connectivity index (χ0v) is 10.7. The molecule has 0 fully saturated rings. The molecule has 0 saturated carbocycles. The summed E-state index contributed by atoms with van der Waals surface area (Å²) in [4.78, 5) is 11.5. The topological polar surface area (TPSA) is 70.6 Å². The van der Waals surface area contributed by atoms with E-state index < -0.39 is 0 Å². The molecule has 100 valence electrons. The Hall–Kier alpha value is -1.14. The molecule has 18 heavy (non-hydrogen) atoms. The number of nitrogens with one attached hydrogen (secondary N) is 2. The van der Waals surface area contributed by atoms with Crippen LogP contribution >= 0.6 is 11.6 Å². The second-order valence-corrected chi connectivity index (χ2v) is 3.95. The molecule has 0 aromatic heterocycles. The predicted molar refractivity (Wildman–Crippen MR) is 70.9 cm³/mol. The molecule has 6 heteroatoms. The van der Waals surface area contributed by atoms with Gasteiger partial charge in [0.25, 0.3) is 0 Å². The van der Waals surface area contributed by atoms with Crippen molar-refractivity contribution in [3.63, 3.8) is 0 Å². The Morgan fingerprint density at radius 2 is 2.11 bits per heavy atom. The molecule has 0 bridgehead atoms. The Kier molecular flexibility index (Phi) is 7.36. The van der Waals surface area contributed by atoms with E-state index in [0.29, 0.717) is 30.5 Å². The van der Waals surface area contributed by atoms with Crippen molar-refractivity contribution in [1.29, 1.82) is 0 Å². The van der Waals surface area contributed by atoms with Gasteiger partial charge in [-0.1, -0.05) is 23.7 Å². The average molecular weight is 273 g/mol. The van der Waals surface area contributed by atoms with Crippen molar-refractivity contribution in [2.45, 2.75) is 0 Å². The van der Waals surface area contributed by atoms with Crippen LogP contribution in [0.1, 0.15) is 0 Å². The van der Waals surface area contributed by atoms with Gasteiger partial charge in [0.15, 0.2) is 0 Å². The van der Waals surface area contributed by atoms with Crippen LogP contribution in [-0.2, 0) is 9.53 Å². The molecular formula is C12H17ClN2O3. The molecule has 0 aliphatic heterocycles. The lowest BCUT2D eigenvalue weighted by Crippen LogP contribution is -2.30. The number of hydrogen-bond donors (Lipinski definition) is 3. The Morgan fingerprint density at radius 3 is 2.83 bits per heavy atom. The zero-order chi connectivity index (χ0) is 13.2. The fourth-order valence-electron chi connectivity index (χ4n) is 1.27. The Bertz CT molecular complexity index is 374. The highest BCUT2D eigenvalue weighted by Gasteiger charge is 2.04. The van der Waals surface area contributed by atoms with Crippen LogP contribution < -0.4 is 10.6 Å². The van der Waals surface area contributed by atoms with Crippen LogP contribution in [0, 0.1) is 0 Å². The highest BCUT2D eigenvalue weighted by Crippen LogP contribution is 2.19. The minimum absolute atomic E-state index is 0.00694. The molecule has 1 amide bonds. The summed E-state index contributed by atoms with van der Waals surface area (Å²) in [6, 6.07) is 7.06. The van der Waals surface area contributed by atoms with Gasteiger partial charge in [-0.2, -0.15) is 0 Å². The third kappa shape index (κ3) is 5.97. The van der Waals surface area contributed by atoms with Crippen LogP contribution in [0.2, 0.25) is 5.02 Å². The number of anilines is 1. The molecule has 0 unspecified atom stereocenters. The van der Waals surface area contributed by atoms with E-state index in [-0.39, 0.29) is 19.1 Å². The zero-order valence-electron chi connectivity index (χ0n) is 9.99. The quantitative estimate of drug-likeness (QED) is 0.615. The normalized spacial score (nSPS) is 10.3. The van der Waals surface area contributed by atoms with Crippen molar-refractivity contribution in [3.05, 3.63) is 29.3 Å². The second kappa shape index (κ2) is 8.88. The first-order valence-electron chi connectivity index (χ1n) is 5.67. The first-order chi connectivity index (χ1) is 8.74. The number of hydrogen-bond acceptors (Lipinski definition) is 4. The smallest absolute Gasteiger partial charge is 0.238 e. The molecule has 0 atom stereocenters. The molecular weight excluding hydrogens is 256 g/mol. The Labute approximate surface area is 111 Å². The summed E-state index contributed by atoms with van der Waals surface area (Å²) in [5.41, 5.74) is 0.600. The Balaban J connectivity index is 2.16. The minimum atomic E-state index is -0.162. The van der Waals surface area contributed by atoms with E-state index in [9.17, 15) is 4.79 Å². The molecule has 0 heterocycles.